The van der Waals surface area contributed by atoms with Gasteiger partial charge in [0.05, 0.1) is 11.9 Å². The van der Waals surface area contributed by atoms with Crippen LogP contribution in [0.15, 0.2) is 71.8 Å². The second-order valence-electron chi connectivity index (χ2n) is 5.65. The number of nitrogens with zero attached hydrogens (tertiary/aromatic N) is 4. The highest BCUT2D eigenvalue weighted by Crippen LogP contribution is 2.23. The number of hydrogen-bond donors (Lipinski definition) is 0. The molecule has 0 amide bonds. The third kappa shape index (κ3) is 3.27. The van der Waals surface area contributed by atoms with Crippen LogP contribution in [0.25, 0.3) is 10.9 Å². The Hall–Kier alpha value is -3.61. The molecule has 0 unspecified atom stereocenters. The third-order valence-electron chi connectivity index (χ3n) is 3.80. The van der Waals surface area contributed by atoms with Gasteiger partial charge in [0.2, 0.25) is 0 Å². The Balaban J connectivity index is 1.68. The van der Waals surface area contributed by atoms with Crippen LogP contribution in [0.2, 0.25) is 0 Å². The minimum absolute atomic E-state index is 0.275. The van der Waals surface area contributed by atoms with Gasteiger partial charge in [-0.2, -0.15) is 0 Å². The predicted octanol–water partition coefficient (Wildman–Crippen LogP) is 3.17. The van der Waals surface area contributed by atoms with Crippen LogP contribution in [0, 0.1) is 5.82 Å². The SMILES string of the molecule is O=c1c2cc(Oc3ccc(F)cc3)ccc2nnn1Cc1cccnc1. The van der Waals surface area contributed by atoms with Gasteiger partial charge in [0.15, 0.2) is 0 Å². The normalized spacial score (nSPS) is 10.8. The first-order valence-electron chi connectivity index (χ1n) is 7.89. The summed E-state index contributed by atoms with van der Waals surface area (Å²) in [5, 5.41) is 8.45. The van der Waals surface area contributed by atoms with Crippen molar-refractivity contribution < 1.29 is 9.13 Å². The lowest BCUT2D eigenvalue weighted by molar-refractivity contribution is 0.481. The molecular formula is C19H13FN4O2. The smallest absolute Gasteiger partial charge is 0.278 e. The molecule has 4 rings (SSSR count). The number of ether oxygens (including phenoxy) is 1. The zero-order chi connectivity index (χ0) is 17.9. The van der Waals surface area contributed by atoms with Crippen molar-refractivity contribution in [1.29, 1.82) is 0 Å². The van der Waals surface area contributed by atoms with Crippen molar-refractivity contribution in [2.75, 3.05) is 0 Å². The Morgan fingerprint density at radius 1 is 1.04 bits per heavy atom. The number of fused-ring (bicyclic) bond motifs is 1. The molecule has 7 heteroatoms. The molecule has 0 bridgehead atoms. The first-order valence-corrected chi connectivity index (χ1v) is 7.89. The fourth-order valence-electron chi connectivity index (χ4n) is 2.53. The number of benzene rings is 2. The van der Waals surface area contributed by atoms with Gasteiger partial charge >= 0.3 is 0 Å². The molecule has 0 aliphatic heterocycles. The fraction of sp³-hybridized carbons (Fsp3) is 0.0526. The summed E-state index contributed by atoms with van der Waals surface area (Å²) in [7, 11) is 0. The van der Waals surface area contributed by atoms with E-state index in [0.29, 0.717) is 22.4 Å². The van der Waals surface area contributed by atoms with E-state index >= 15 is 0 Å². The Morgan fingerprint density at radius 3 is 2.62 bits per heavy atom. The van der Waals surface area contributed by atoms with Crippen LogP contribution in [0.4, 0.5) is 4.39 Å². The van der Waals surface area contributed by atoms with E-state index in [9.17, 15) is 9.18 Å². The average molecular weight is 348 g/mol. The standard InChI is InChI=1S/C19H13FN4O2/c20-14-3-5-15(6-4-14)26-16-7-8-18-17(10-16)19(25)24(23-22-18)12-13-2-1-9-21-11-13/h1-11H,12H2. The van der Waals surface area contributed by atoms with E-state index in [2.05, 4.69) is 15.3 Å². The number of rotatable bonds is 4. The molecule has 2 aromatic heterocycles. The van der Waals surface area contributed by atoms with Gasteiger partial charge in [-0.15, -0.1) is 5.10 Å². The van der Waals surface area contributed by atoms with Gasteiger partial charge < -0.3 is 4.74 Å². The van der Waals surface area contributed by atoms with E-state index in [1.165, 1.54) is 28.9 Å². The van der Waals surface area contributed by atoms with Crippen molar-refractivity contribution in [2.24, 2.45) is 0 Å². The molecule has 0 spiro atoms. The van der Waals surface area contributed by atoms with Crippen molar-refractivity contribution in [3.8, 4) is 11.5 Å². The zero-order valence-electron chi connectivity index (χ0n) is 13.5. The fourth-order valence-corrected chi connectivity index (χ4v) is 2.53. The lowest BCUT2D eigenvalue weighted by atomic mass is 10.2. The molecule has 4 aromatic rings. The van der Waals surface area contributed by atoms with Crippen LogP contribution in [0.1, 0.15) is 5.56 Å². The first-order chi connectivity index (χ1) is 12.7. The second kappa shape index (κ2) is 6.72. The summed E-state index contributed by atoms with van der Waals surface area (Å²) in [5.41, 5.74) is 1.05. The molecule has 0 saturated heterocycles. The molecule has 26 heavy (non-hydrogen) atoms. The number of hydrogen-bond acceptors (Lipinski definition) is 5. The summed E-state index contributed by atoms with van der Waals surface area (Å²) >= 11 is 0. The molecule has 128 valence electrons. The van der Waals surface area contributed by atoms with Crippen LogP contribution < -0.4 is 10.3 Å². The van der Waals surface area contributed by atoms with Crippen molar-refractivity contribution in [3.63, 3.8) is 0 Å². The quantitative estimate of drug-likeness (QED) is 0.567. The first kappa shape index (κ1) is 15.9. The minimum atomic E-state index is -0.343. The zero-order valence-corrected chi connectivity index (χ0v) is 13.5. The van der Waals surface area contributed by atoms with Crippen LogP contribution >= 0.6 is 0 Å². The summed E-state index contributed by atoms with van der Waals surface area (Å²) in [4.78, 5) is 16.7. The minimum Gasteiger partial charge on any atom is -0.457 e. The lowest BCUT2D eigenvalue weighted by Gasteiger charge is -2.08. The Kier molecular flexibility index (Phi) is 4.10. The molecule has 0 radical (unpaired) electrons. The van der Waals surface area contributed by atoms with Gasteiger partial charge in [-0.25, -0.2) is 9.07 Å². The Bertz CT molecular complexity index is 1110. The van der Waals surface area contributed by atoms with Crippen LogP contribution in [0.3, 0.4) is 0 Å². The average Bonchev–Trinajstić information content (AvgIpc) is 2.67. The maximum atomic E-state index is 13.0. The summed E-state index contributed by atoms with van der Waals surface area (Å²) in [6.45, 7) is 0.276. The van der Waals surface area contributed by atoms with E-state index in [0.717, 1.165) is 5.56 Å². The van der Waals surface area contributed by atoms with Gasteiger partial charge in [0.1, 0.15) is 22.8 Å². The van der Waals surface area contributed by atoms with E-state index in [1.54, 1.807) is 36.7 Å². The van der Waals surface area contributed by atoms with Crippen LogP contribution in [-0.4, -0.2) is 20.0 Å². The highest BCUT2D eigenvalue weighted by molar-refractivity contribution is 5.78. The lowest BCUT2D eigenvalue weighted by Crippen LogP contribution is -2.24. The maximum absolute atomic E-state index is 13.0. The molecule has 2 heterocycles. The summed E-state index contributed by atoms with van der Waals surface area (Å²) in [5.74, 6) is 0.593. The highest BCUT2D eigenvalue weighted by Gasteiger charge is 2.08. The topological polar surface area (TPSA) is 69.9 Å². The number of pyridine rings is 1. The number of halogens is 1. The van der Waals surface area contributed by atoms with Gasteiger partial charge in [-0.1, -0.05) is 11.3 Å². The largest absolute Gasteiger partial charge is 0.457 e. The van der Waals surface area contributed by atoms with Gasteiger partial charge in [0, 0.05) is 12.4 Å². The molecule has 2 aromatic carbocycles. The molecular weight excluding hydrogens is 335 g/mol. The maximum Gasteiger partial charge on any atom is 0.278 e. The van der Waals surface area contributed by atoms with Crippen molar-refractivity contribution in [3.05, 3.63) is 88.7 Å². The van der Waals surface area contributed by atoms with Crippen LogP contribution in [-0.2, 0) is 6.54 Å². The molecule has 6 nitrogen and oxygen atoms in total. The Morgan fingerprint density at radius 2 is 1.85 bits per heavy atom. The summed E-state index contributed by atoms with van der Waals surface area (Å²) < 4.78 is 20.0. The molecule has 0 aliphatic rings. The van der Waals surface area contributed by atoms with E-state index in [4.69, 9.17) is 4.74 Å². The highest BCUT2D eigenvalue weighted by atomic mass is 19.1. The molecule has 0 fully saturated rings. The summed E-state index contributed by atoms with van der Waals surface area (Å²) in [6, 6.07) is 14.3. The third-order valence-corrected chi connectivity index (χ3v) is 3.80. The Labute approximate surface area is 147 Å². The molecule has 0 aliphatic carbocycles. The molecule has 0 atom stereocenters. The van der Waals surface area contributed by atoms with Crippen molar-refractivity contribution in [1.82, 2.24) is 20.0 Å². The van der Waals surface area contributed by atoms with Crippen molar-refractivity contribution >= 4 is 10.9 Å². The van der Waals surface area contributed by atoms with E-state index < -0.39 is 0 Å². The molecule has 0 saturated carbocycles. The monoisotopic (exact) mass is 348 g/mol. The van der Waals surface area contributed by atoms with E-state index in [-0.39, 0.29) is 17.9 Å². The van der Waals surface area contributed by atoms with Gasteiger partial charge in [-0.3, -0.25) is 9.78 Å². The number of aromatic nitrogens is 4. The van der Waals surface area contributed by atoms with Gasteiger partial charge in [-0.05, 0) is 54.1 Å². The molecule has 0 N–H and O–H groups in total. The predicted molar refractivity (Wildman–Crippen MR) is 93.6 cm³/mol. The van der Waals surface area contributed by atoms with Crippen molar-refractivity contribution in [2.45, 2.75) is 6.54 Å². The summed E-state index contributed by atoms with van der Waals surface area (Å²) in [6.07, 6.45) is 3.34. The second-order valence-corrected chi connectivity index (χ2v) is 5.65. The van der Waals surface area contributed by atoms with Gasteiger partial charge in [0.25, 0.3) is 5.56 Å². The van der Waals surface area contributed by atoms with Crippen LogP contribution in [0.5, 0.6) is 11.5 Å². The van der Waals surface area contributed by atoms with E-state index in [1.807, 2.05) is 6.07 Å².